The topological polar surface area (TPSA) is 111 Å². The molecule has 0 aliphatic heterocycles. The molecule has 0 aromatic rings. The summed E-state index contributed by atoms with van der Waals surface area (Å²) in [5.74, 6) is -0.818. The third-order valence-electron chi connectivity index (χ3n) is 16.4. The van der Waals surface area contributed by atoms with Gasteiger partial charge < -0.3 is 27.9 Å². The average Bonchev–Trinajstić information content (AvgIpc) is 3.68. The van der Waals surface area contributed by atoms with Gasteiger partial charge in [0.1, 0.15) is 19.8 Å². The fourth-order valence-electron chi connectivity index (χ4n) is 10.8. The van der Waals surface area contributed by atoms with Crippen molar-refractivity contribution in [3.63, 3.8) is 0 Å². The summed E-state index contributed by atoms with van der Waals surface area (Å²) in [5.41, 5.74) is 0. The number of allylic oxidation sites excluding steroid dienone is 14. The van der Waals surface area contributed by atoms with Crippen LogP contribution in [0.4, 0.5) is 0 Å². The highest BCUT2D eigenvalue weighted by molar-refractivity contribution is 7.45. The van der Waals surface area contributed by atoms with Crippen molar-refractivity contribution >= 4 is 19.8 Å². The maximum atomic E-state index is 12.9. The van der Waals surface area contributed by atoms with Crippen LogP contribution >= 0.6 is 7.82 Å². The van der Waals surface area contributed by atoms with Crippen molar-refractivity contribution in [2.75, 3.05) is 47.5 Å². The lowest BCUT2D eigenvalue weighted by Crippen LogP contribution is -2.37. The number of likely N-dealkylation sites (N-methyl/N-ethyl adjacent to an activating group) is 1. The number of phosphoric acid groups is 1. The summed E-state index contributed by atoms with van der Waals surface area (Å²) in [6.07, 6.45) is 93.9. The number of unbranched alkanes of at least 4 members (excludes halogenated alkanes) is 41. The Balaban J connectivity index is 3.99. The number of hydrogen-bond acceptors (Lipinski definition) is 8. The predicted octanol–water partition coefficient (Wildman–Crippen LogP) is 23.9. The molecule has 0 rings (SSSR count). The first-order valence-corrected chi connectivity index (χ1v) is 38.8. The molecule has 0 saturated carbocycles. The molecule has 10 heteroatoms. The third-order valence-corrected chi connectivity index (χ3v) is 17.4. The number of carbonyl (C=O) groups is 2. The van der Waals surface area contributed by atoms with Gasteiger partial charge >= 0.3 is 11.9 Å². The molecule has 0 aliphatic carbocycles. The molecule has 0 aliphatic rings. The number of nitrogens with zero attached hydrogens (tertiary/aromatic N) is 1. The Hall–Kier alpha value is -2.81. The zero-order valence-corrected chi connectivity index (χ0v) is 59.3. The highest BCUT2D eigenvalue weighted by atomic mass is 31.2. The summed E-state index contributed by atoms with van der Waals surface area (Å²) in [4.78, 5) is 38.1. The van der Waals surface area contributed by atoms with Crippen molar-refractivity contribution in [1.82, 2.24) is 0 Å². The van der Waals surface area contributed by atoms with E-state index in [1.807, 2.05) is 21.1 Å². The van der Waals surface area contributed by atoms with E-state index in [2.05, 4.69) is 98.9 Å². The van der Waals surface area contributed by atoms with Crippen LogP contribution in [0.3, 0.4) is 0 Å². The zero-order chi connectivity index (χ0) is 64.1. The Kier molecular flexibility index (Phi) is 66.4. The average molecular weight is 1250 g/mol. The van der Waals surface area contributed by atoms with Crippen molar-refractivity contribution in [2.45, 2.75) is 354 Å². The van der Waals surface area contributed by atoms with E-state index in [9.17, 15) is 19.0 Å². The number of ether oxygens (including phenoxy) is 2. The lowest BCUT2D eigenvalue weighted by atomic mass is 10.0. The predicted molar refractivity (Wildman–Crippen MR) is 379 cm³/mol. The van der Waals surface area contributed by atoms with Crippen LogP contribution in [-0.2, 0) is 32.7 Å². The van der Waals surface area contributed by atoms with Crippen LogP contribution in [0.25, 0.3) is 0 Å². The van der Waals surface area contributed by atoms with Gasteiger partial charge in [-0.3, -0.25) is 14.2 Å². The second kappa shape index (κ2) is 68.6. The molecule has 0 heterocycles. The highest BCUT2D eigenvalue weighted by Crippen LogP contribution is 2.38. The second-order valence-electron chi connectivity index (χ2n) is 26.3. The maximum absolute atomic E-state index is 12.9. The van der Waals surface area contributed by atoms with Gasteiger partial charge in [0.25, 0.3) is 7.82 Å². The fraction of sp³-hybridized carbons (Fsp3) is 0.795. The summed E-state index contributed by atoms with van der Waals surface area (Å²) in [6.45, 7) is 4.18. The van der Waals surface area contributed by atoms with Crippen molar-refractivity contribution in [3.05, 3.63) is 85.1 Å². The summed E-state index contributed by atoms with van der Waals surface area (Å²) in [7, 11) is 1.18. The van der Waals surface area contributed by atoms with Crippen LogP contribution in [0.2, 0.25) is 0 Å². The quantitative estimate of drug-likeness (QED) is 0.0195. The summed E-state index contributed by atoms with van der Waals surface area (Å²) < 4.78 is 34.4. The van der Waals surface area contributed by atoms with E-state index >= 15 is 0 Å². The molecule has 9 nitrogen and oxygen atoms in total. The third kappa shape index (κ3) is 72.3. The lowest BCUT2D eigenvalue weighted by Gasteiger charge is -2.28. The number of phosphoric ester groups is 1. The van der Waals surface area contributed by atoms with Crippen LogP contribution in [0.5, 0.6) is 0 Å². The van der Waals surface area contributed by atoms with Crippen LogP contribution in [0.15, 0.2) is 85.1 Å². The molecule has 0 fully saturated rings. The minimum absolute atomic E-state index is 0.0307. The molecular weight excluding hydrogens is 1110 g/mol. The Morgan fingerprint density at radius 3 is 0.966 bits per heavy atom. The Labute approximate surface area is 545 Å². The molecule has 2 unspecified atom stereocenters. The normalized spacial score (nSPS) is 13.6. The molecule has 88 heavy (non-hydrogen) atoms. The minimum atomic E-state index is -4.64. The SMILES string of the molecule is CC/C=C\C/C=C\C/C=C\C/C=C\C/C=C\C/C=C\C/C=C\CCCCCCCCCCCCCCCCCC(=O)OC(COC(=O)CCCCCCCCCCCCCCCCCCCCCCCCCCCCC)COP(=O)([O-])OCC[N+](C)(C)C. The number of rotatable bonds is 69. The molecule has 0 aromatic heterocycles. The van der Waals surface area contributed by atoms with Crippen LogP contribution in [-0.4, -0.2) is 70.0 Å². The van der Waals surface area contributed by atoms with Crippen molar-refractivity contribution in [2.24, 2.45) is 0 Å². The molecular formula is C78H142NO8P. The van der Waals surface area contributed by atoms with Crippen LogP contribution < -0.4 is 4.89 Å². The Morgan fingerprint density at radius 1 is 0.364 bits per heavy atom. The van der Waals surface area contributed by atoms with E-state index < -0.39 is 26.5 Å². The smallest absolute Gasteiger partial charge is 0.306 e. The summed E-state index contributed by atoms with van der Waals surface area (Å²) in [5, 5.41) is 0. The van der Waals surface area contributed by atoms with E-state index in [0.29, 0.717) is 17.4 Å². The van der Waals surface area contributed by atoms with E-state index in [1.165, 1.54) is 231 Å². The van der Waals surface area contributed by atoms with Gasteiger partial charge in [-0.1, -0.05) is 349 Å². The largest absolute Gasteiger partial charge is 0.756 e. The molecule has 0 bridgehead atoms. The standard InChI is InChI=1S/C78H142NO8P/c1-6-8-10-12-14-16-18-20-22-24-26-28-30-32-34-35-36-37-38-39-40-41-42-43-45-47-49-51-53-55-57-59-61-63-65-67-69-71-78(81)87-76(75-86-88(82,83)85-73-72-79(3,4)5)74-84-77(80)70-68-66-64-62-60-58-56-54-52-50-48-46-44-33-31-29-27-25-23-21-19-17-15-13-11-9-7-2/h8,10,14,16,20,22,26,28,32,34,36-37,39-40,76H,6-7,9,11-13,15,17-19,21,23-25,27,29-31,33,35,38,41-75H2,1-5H3/b10-8-,16-14-,22-20-,28-26-,34-32-,37-36-,40-39-. The minimum Gasteiger partial charge on any atom is -0.756 e. The number of esters is 2. The molecule has 2 atom stereocenters. The van der Waals surface area contributed by atoms with Gasteiger partial charge in [-0.05, 0) is 70.6 Å². The van der Waals surface area contributed by atoms with Gasteiger partial charge in [0.2, 0.25) is 0 Å². The van der Waals surface area contributed by atoms with Crippen LogP contribution in [0.1, 0.15) is 348 Å². The highest BCUT2D eigenvalue weighted by Gasteiger charge is 2.22. The molecule has 0 aromatic carbocycles. The van der Waals surface area contributed by atoms with Gasteiger partial charge in [0, 0.05) is 12.8 Å². The van der Waals surface area contributed by atoms with E-state index in [1.54, 1.807) is 0 Å². The molecule has 0 spiro atoms. The molecule has 0 saturated heterocycles. The van der Waals surface area contributed by atoms with Gasteiger partial charge in [0.15, 0.2) is 6.10 Å². The molecule has 0 N–H and O–H groups in total. The van der Waals surface area contributed by atoms with Gasteiger partial charge in [-0.15, -0.1) is 0 Å². The van der Waals surface area contributed by atoms with Gasteiger partial charge in [-0.25, -0.2) is 0 Å². The number of carbonyl (C=O) groups excluding carboxylic acids is 2. The molecule has 512 valence electrons. The monoisotopic (exact) mass is 1250 g/mol. The van der Waals surface area contributed by atoms with Crippen molar-refractivity contribution < 1.29 is 42.1 Å². The Morgan fingerprint density at radius 2 is 0.648 bits per heavy atom. The Bertz CT molecular complexity index is 1760. The van der Waals surface area contributed by atoms with Gasteiger partial charge in [-0.2, -0.15) is 0 Å². The maximum Gasteiger partial charge on any atom is 0.306 e. The lowest BCUT2D eigenvalue weighted by molar-refractivity contribution is -0.870. The zero-order valence-electron chi connectivity index (χ0n) is 58.4. The first-order chi connectivity index (χ1) is 43.0. The number of quaternary nitrogens is 1. The van der Waals surface area contributed by atoms with E-state index in [0.717, 1.165) is 83.5 Å². The summed E-state index contributed by atoms with van der Waals surface area (Å²) in [6, 6.07) is 0. The molecule has 0 radical (unpaired) electrons. The van der Waals surface area contributed by atoms with Crippen LogP contribution in [0, 0.1) is 0 Å². The first kappa shape index (κ1) is 85.2. The van der Waals surface area contributed by atoms with Crippen molar-refractivity contribution in [1.29, 1.82) is 0 Å². The van der Waals surface area contributed by atoms with Gasteiger partial charge in [0.05, 0.1) is 27.7 Å². The summed E-state index contributed by atoms with van der Waals surface area (Å²) >= 11 is 0. The van der Waals surface area contributed by atoms with E-state index in [-0.39, 0.29) is 32.0 Å². The number of hydrogen-bond donors (Lipinski definition) is 0. The van der Waals surface area contributed by atoms with E-state index in [4.69, 9.17) is 18.5 Å². The second-order valence-corrected chi connectivity index (χ2v) is 27.7. The van der Waals surface area contributed by atoms with Crippen molar-refractivity contribution in [3.8, 4) is 0 Å². The fourth-order valence-corrected chi connectivity index (χ4v) is 11.5. The molecule has 0 amide bonds. The first-order valence-electron chi connectivity index (χ1n) is 37.3.